The molecular formula is C28H38ClN3O5. The third-order valence-corrected chi connectivity index (χ3v) is 6.33. The molecule has 3 N–H and O–H groups in total. The normalized spacial score (nSPS) is 13.3. The van der Waals surface area contributed by atoms with Gasteiger partial charge in [-0.25, -0.2) is 4.79 Å². The quantitative estimate of drug-likeness (QED) is 0.410. The number of amides is 3. The topological polar surface area (TPSA) is 108 Å². The van der Waals surface area contributed by atoms with E-state index in [0.29, 0.717) is 22.7 Å². The van der Waals surface area contributed by atoms with Crippen molar-refractivity contribution < 1.29 is 24.2 Å². The van der Waals surface area contributed by atoms with E-state index in [9.17, 15) is 19.5 Å². The Kier molecular flexibility index (Phi) is 10.1. The summed E-state index contributed by atoms with van der Waals surface area (Å²) in [4.78, 5) is 41.8. The van der Waals surface area contributed by atoms with Gasteiger partial charge in [0.15, 0.2) is 0 Å². The van der Waals surface area contributed by atoms with Crippen LogP contribution in [0.4, 0.5) is 10.5 Å². The number of carbonyl (C=O) groups excluding carboxylic acids is 3. The molecule has 0 spiro atoms. The number of aliphatic hydroxyl groups excluding tert-OH is 1. The molecule has 0 bridgehead atoms. The monoisotopic (exact) mass is 531 g/mol. The Morgan fingerprint density at radius 3 is 2.16 bits per heavy atom. The standard InChI is InChI=1S/C28H38ClN3O5/c1-8-28(6,7)32(25(35)21(17-33)30-26(36)37-27(3,4)5)23(19-14-10-9-11-15-19)24(34)31-22-18(2)13-12-16-20(22)29/h9-16,21,23,33H,8,17H2,1-7H3,(H,30,36)(H,31,34). The molecular weight excluding hydrogens is 494 g/mol. The second kappa shape index (κ2) is 12.4. The number of aryl methyl sites for hydroxylation is 1. The van der Waals surface area contributed by atoms with E-state index < -0.39 is 47.7 Å². The highest BCUT2D eigenvalue weighted by molar-refractivity contribution is 6.34. The lowest BCUT2D eigenvalue weighted by Gasteiger charge is -2.44. The lowest BCUT2D eigenvalue weighted by molar-refractivity contribution is -0.148. The van der Waals surface area contributed by atoms with Crippen LogP contribution in [0.2, 0.25) is 5.02 Å². The number of hydrogen-bond donors (Lipinski definition) is 3. The molecule has 2 aromatic rings. The maximum atomic E-state index is 14.0. The highest BCUT2D eigenvalue weighted by Crippen LogP contribution is 2.34. The summed E-state index contributed by atoms with van der Waals surface area (Å²) in [5, 5.41) is 15.8. The number of anilines is 1. The number of nitrogens with one attached hydrogen (secondary N) is 2. The zero-order valence-electron chi connectivity index (χ0n) is 22.6. The minimum absolute atomic E-state index is 0.368. The molecule has 3 amide bonds. The Morgan fingerprint density at radius 2 is 1.65 bits per heavy atom. The number of carbonyl (C=O) groups is 3. The molecule has 2 atom stereocenters. The molecule has 0 radical (unpaired) electrons. The van der Waals surface area contributed by atoms with Crippen LogP contribution in [-0.2, 0) is 14.3 Å². The molecule has 0 aliphatic rings. The van der Waals surface area contributed by atoms with Gasteiger partial charge in [-0.05, 0) is 65.2 Å². The zero-order valence-corrected chi connectivity index (χ0v) is 23.3. The third kappa shape index (κ3) is 7.94. The molecule has 2 unspecified atom stereocenters. The van der Waals surface area contributed by atoms with Gasteiger partial charge in [0.2, 0.25) is 5.91 Å². The number of hydrogen-bond acceptors (Lipinski definition) is 5. The SMILES string of the molecule is CCC(C)(C)N(C(=O)C(CO)NC(=O)OC(C)(C)C)C(C(=O)Nc1c(C)cccc1Cl)c1ccccc1. The van der Waals surface area contributed by atoms with Gasteiger partial charge in [0.25, 0.3) is 5.91 Å². The molecule has 202 valence electrons. The number of para-hydroxylation sites is 1. The number of aliphatic hydroxyl groups is 1. The van der Waals surface area contributed by atoms with Crippen LogP contribution in [0, 0.1) is 6.92 Å². The predicted molar refractivity (Wildman–Crippen MR) is 145 cm³/mol. The molecule has 2 aromatic carbocycles. The summed E-state index contributed by atoms with van der Waals surface area (Å²) in [6.07, 6.45) is -0.355. The molecule has 8 nitrogen and oxygen atoms in total. The highest BCUT2D eigenvalue weighted by atomic mass is 35.5. The average molecular weight is 532 g/mol. The molecule has 0 saturated heterocycles. The van der Waals surface area contributed by atoms with Crippen molar-refractivity contribution in [3.63, 3.8) is 0 Å². The van der Waals surface area contributed by atoms with Crippen LogP contribution < -0.4 is 10.6 Å². The fourth-order valence-electron chi connectivity index (χ4n) is 3.78. The van der Waals surface area contributed by atoms with Gasteiger partial charge in [0.1, 0.15) is 17.7 Å². The molecule has 0 aliphatic heterocycles. The van der Waals surface area contributed by atoms with Gasteiger partial charge in [0.05, 0.1) is 17.3 Å². The van der Waals surface area contributed by atoms with Crippen LogP contribution in [0.5, 0.6) is 0 Å². The molecule has 0 aromatic heterocycles. The molecule has 0 fully saturated rings. The molecule has 0 heterocycles. The van der Waals surface area contributed by atoms with E-state index in [4.69, 9.17) is 16.3 Å². The third-order valence-electron chi connectivity index (χ3n) is 6.02. The summed E-state index contributed by atoms with van der Waals surface area (Å²) in [5.41, 5.74) is 0.137. The van der Waals surface area contributed by atoms with Crippen LogP contribution in [0.3, 0.4) is 0 Å². The Morgan fingerprint density at radius 1 is 1.03 bits per heavy atom. The average Bonchev–Trinajstić information content (AvgIpc) is 2.82. The molecule has 9 heteroatoms. The second-order valence-corrected chi connectivity index (χ2v) is 10.9. The number of rotatable bonds is 9. The van der Waals surface area contributed by atoms with Crippen LogP contribution in [0.25, 0.3) is 0 Å². The lowest BCUT2D eigenvalue weighted by atomic mass is 9.92. The second-order valence-electron chi connectivity index (χ2n) is 10.5. The van der Waals surface area contributed by atoms with Gasteiger partial charge in [0, 0.05) is 5.54 Å². The number of benzene rings is 2. The van der Waals surface area contributed by atoms with Crippen LogP contribution in [-0.4, -0.2) is 51.7 Å². The minimum Gasteiger partial charge on any atom is -0.444 e. The summed E-state index contributed by atoms with van der Waals surface area (Å²) in [5.74, 6) is -1.11. The first-order valence-electron chi connectivity index (χ1n) is 12.3. The first kappa shape index (κ1) is 30.1. The molecule has 0 aliphatic carbocycles. The Hall–Kier alpha value is -3.10. The maximum absolute atomic E-state index is 14.0. The highest BCUT2D eigenvalue weighted by Gasteiger charge is 2.43. The van der Waals surface area contributed by atoms with Crippen LogP contribution in [0.15, 0.2) is 48.5 Å². The molecule has 0 saturated carbocycles. The Bertz CT molecular complexity index is 1080. The summed E-state index contributed by atoms with van der Waals surface area (Å²) >= 11 is 6.38. The van der Waals surface area contributed by atoms with Crippen molar-refractivity contribution in [2.24, 2.45) is 0 Å². The van der Waals surface area contributed by atoms with Crippen molar-refractivity contribution in [3.8, 4) is 0 Å². The van der Waals surface area contributed by atoms with E-state index in [0.717, 1.165) is 5.56 Å². The summed E-state index contributed by atoms with van der Waals surface area (Å²) in [7, 11) is 0. The number of alkyl carbamates (subject to hydrolysis) is 1. The molecule has 37 heavy (non-hydrogen) atoms. The van der Waals surface area contributed by atoms with Crippen LogP contribution >= 0.6 is 11.6 Å². The van der Waals surface area contributed by atoms with Crippen molar-refractivity contribution in [2.45, 2.75) is 78.1 Å². The van der Waals surface area contributed by atoms with Crippen molar-refractivity contribution in [3.05, 3.63) is 64.7 Å². The van der Waals surface area contributed by atoms with Crippen molar-refractivity contribution in [1.82, 2.24) is 10.2 Å². The smallest absolute Gasteiger partial charge is 0.408 e. The van der Waals surface area contributed by atoms with Gasteiger partial charge in [-0.3, -0.25) is 9.59 Å². The fraction of sp³-hybridized carbons (Fsp3) is 0.464. The van der Waals surface area contributed by atoms with Gasteiger partial charge in [-0.1, -0.05) is 61.0 Å². The van der Waals surface area contributed by atoms with E-state index in [1.54, 1.807) is 57.2 Å². The van der Waals surface area contributed by atoms with Gasteiger partial charge >= 0.3 is 6.09 Å². The van der Waals surface area contributed by atoms with Gasteiger partial charge in [-0.2, -0.15) is 0 Å². The first-order valence-corrected chi connectivity index (χ1v) is 12.6. The van der Waals surface area contributed by atoms with Crippen molar-refractivity contribution >= 4 is 35.2 Å². The Balaban J connectivity index is 2.57. The number of halogens is 1. The van der Waals surface area contributed by atoms with E-state index >= 15 is 0 Å². The summed E-state index contributed by atoms with van der Waals surface area (Å²) in [6, 6.07) is 11.7. The fourth-order valence-corrected chi connectivity index (χ4v) is 4.05. The van der Waals surface area contributed by atoms with Gasteiger partial charge in [-0.15, -0.1) is 0 Å². The summed E-state index contributed by atoms with van der Waals surface area (Å²) < 4.78 is 5.28. The predicted octanol–water partition coefficient (Wildman–Crippen LogP) is 5.23. The lowest BCUT2D eigenvalue weighted by Crippen LogP contribution is -2.59. The Labute approximate surface area is 224 Å². The first-order chi connectivity index (χ1) is 17.2. The molecule has 2 rings (SSSR count). The maximum Gasteiger partial charge on any atom is 0.408 e. The summed E-state index contributed by atoms with van der Waals surface area (Å²) in [6.45, 7) is 11.8. The van der Waals surface area contributed by atoms with E-state index in [1.807, 2.05) is 39.8 Å². The van der Waals surface area contributed by atoms with E-state index in [1.165, 1.54) is 4.90 Å². The van der Waals surface area contributed by atoms with Crippen LogP contribution in [0.1, 0.15) is 65.1 Å². The zero-order chi connectivity index (χ0) is 28.0. The van der Waals surface area contributed by atoms with E-state index in [2.05, 4.69) is 10.6 Å². The minimum atomic E-state index is -1.33. The number of ether oxygens (including phenoxy) is 1. The van der Waals surface area contributed by atoms with Crippen molar-refractivity contribution in [1.29, 1.82) is 0 Å². The van der Waals surface area contributed by atoms with Crippen molar-refractivity contribution in [2.75, 3.05) is 11.9 Å². The van der Waals surface area contributed by atoms with Gasteiger partial charge < -0.3 is 25.4 Å². The van der Waals surface area contributed by atoms with E-state index in [-0.39, 0.29) is 0 Å². The largest absolute Gasteiger partial charge is 0.444 e. The number of nitrogens with zero attached hydrogens (tertiary/aromatic N) is 1.